The fraction of sp³-hybridized carbons (Fsp3) is 0.553. The van der Waals surface area contributed by atoms with Gasteiger partial charge in [-0.05, 0) is 118 Å². The number of carbonyl (C=O) groups excluding carboxylic acids is 2. The Morgan fingerprint density at radius 3 is 2.24 bits per heavy atom. The molecule has 4 N–H and O–H groups in total. The SMILES string of the molecule is C#C.C1CCNC1.CC.CC(C)(C)OCCC(CCNC=O)c1cc(O)c[nH]c1=O.CCOC(=O)/C=C/COCC(F)(F)c1nc(C)c2oc3ccccc3c2n1.COC(C)(C)C. The van der Waals surface area contributed by atoms with Crippen molar-refractivity contribution < 1.29 is 46.8 Å². The number of methoxy groups -OCH3 is 1. The minimum Gasteiger partial charge on any atom is -0.506 e. The standard InChI is InChI=1S/C19H18F2N2O4.C15H24N2O4.C5H12O.C4H9N.C2H6.C2H2/c1-3-26-15(24)9-6-10-25-11-19(20,21)18-22-12(2)17-16(23-18)13-7-4-5-8-14(13)27-17;1-15(2,3)21-7-5-11(4-6-16-10-18)13-8-12(19)9-17-14(13)20;1-5(2,3)6-4;1-2-4-5-3-1;2*1-2/h4-9H,3,10-11H2,1-2H3;8-11,19H,4-7H2,1-3H3,(H,16,18)(H,17,20);1-4H3;5H,1-4H2;1-2H3;1-2H/b9-6+;;;;;. The summed E-state index contributed by atoms with van der Waals surface area (Å²) in [5.74, 6) is -4.64. The number of furan rings is 1. The van der Waals surface area contributed by atoms with Crippen molar-refractivity contribution in [2.75, 3.05) is 53.2 Å². The fourth-order valence-electron chi connectivity index (χ4n) is 5.24. The number of esters is 1. The lowest BCUT2D eigenvalue weighted by atomic mass is 9.93. The number of pyridine rings is 1. The van der Waals surface area contributed by atoms with Crippen molar-refractivity contribution in [3.8, 4) is 18.6 Å². The van der Waals surface area contributed by atoms with Crippen LogP contribution in [0.4, 0.5) is 8.78 Å². The first-order valence-electron chi connectivity index (χ1n) is 21.1. The van der Waals surface area contributed by atoms with Gasteiger partial charge in [-0.25, -0.2) is 14.8 Å². The summed E-state index contributed by atoms with van der Waals surface area (Å²) < 4.78 is 54.9. The van der Waals surface area contributed by atoms with Crippen LogP contribution in [-0.2, 0) is 34.5 Å². The van der Waals surface area contributed by atoms with Crippen LogP contribution in [-0.4, -0.2) is 96.8 Å². The molecular weight excluding hydrogens is 817 g/mol. The van der Waals surface area contributed by atoms with Crippen molar-refractivity contribution >= 4 is 34.4 Å². The molecule has 4 heterocycles. The number of alkyl halides is 2. The number of aryl methyl sites for hydroxylation is 1. The van der Waals surface area contributed by atoms with Crippen molar-refractivity contribution in [2.45, 2.75) is 118 Å². The Labute approximate surface area is 371 Å². The Morgan fingerprint density at radius 1 is 1.05 bits per heavy atom. The number of aromatic nitrogens is 3. The van der Waals surface area contributed by atoms with Gasteiger partial charge >= 0.3 is 11.9 Å². The van der Waals surface area contributed by atoms with Crippen LogP contribution in [0.3, 0.4) is 0 Å². The Hall–Kier alpha value is -5.21. The molecule has 1 atom stereocenters. The van der Waals surface area contributed by atoms with Gasteiger partial charge in [0.05, 0.1) is 30.1 Å². The molecule has 63 heavy (non-hydrogen) atoms. The van der Waals surface area contributed by atoms with E-state index in [0.29, 0.717) is 65.7 Å². The lowest BCUT2D eigenvalue weighted by Crippen LogP contribution is -2.24. The fourth-order valence-corrected chi connectivity index (χ4v) is 5.24. The third kappa shape index (κ3) is 23.7. The molecule has 0 saturated carbocycles. The number of carbonyl (C=O) groups is 2. The topological polar surface area (TPSA) is 187 Å². The van der Waals surface area contributed by atoms with Crippen molar-refractivity contribution in [2.24, 2.45) is 0 Å². The highest BCUT2D eigenvalue weighted by molar-refractivity contribution is 6.02. The van der Waals surface area contributed by atoms with Crippen LogP contribution in [0.5, 0.6) is 5.75 Å². The van der Waals surface area contributed by atoms with Gasteiger partial charge in [0.1, 0.15) is 23.5 Å². The number of aromatic hydroxyl groups is 1. The third-order valence-corrected chi connectivity index (χ3v) is 8.40. The molecule has 1 saturated heterocycles. The predicted octanol–water partition coefficient (Wildman–Crippen LogP) is 8.49. The van der Waals surface area contributed by atoms with Gasteiger partial charge in [-0.3, -0.25) is 9.59 Å². The second-order valence-corrected chi connectivity index (χ2v) is 15.5. The number of rotatable bonds is 15. The largest absolute Gasteiger partial charge is 0.506 e. The summed E-state index contributed by atoms with van der Waals surface area (Å²) in [7, 11) is 1.71. The minimum atomic E-state index is -3.39. The van der Waals surface area contributed by atoms with Gasteiger partial charge in [0.15, 0.2) is 5.58 Å². The monoisotopic (exact) mass is 888 g/mol. The zero-order valence-electron chi connectivity index (χ0n) is 39.1. The van der Waals surface area contributed by atoms with Gasteiger partial charge < -0.3 is 44.1 Å². The maximum Gasteiger partial charge on any atom is 0.330 e. The van der Waals surface area contributed by atoms with Crippen molar-refractivity contribution in [3.05, 3.63) is 76.1 Å². The summed E-state index contributed by atoms with van der Waals surface area (Å²) in [6, 6.07) is 8.55. The summed E-state index contributed by atoms with van der Waals surface area (Å²) in [5, 5.41) is 16.0. The molecule has 1 amide bonds. The minimum absolute atomic E-state index is 0.0229. The van der Waals surface area contributed by atoms with E-state index >= 15 is 0 Å². The lowest BCUT2D eigenvalue weighted by molar-refractivity contribution is -0.137. The Kier molecular flexibility index (Phi) is 28.2. The molecule has 0 bridgehead atoms. The molecular formula is C47H71F2N5O9. The summed E-state index contributed by atoms with van der Waals surface area (Å²) in [4.78, 5) is 43.8. The smallest absolute Gasteiger partial charge is 0.330 e. The van der Waals surface area contributed by atoms with Crippen molar-refractivity contribution in [3.63, 3.8) is 0 Å². The van der Waals surface area contributed by atoms with Crippen LogP contribution in [0.1, 0.15) is 111 Å². The molecule has 5 rings (SSSR count). The van der Waals surface area contributed by atoms with E-state index in [1.165, 1.54) is 44.3 Å². The highest BCUT2D eigenvalue weighted by Gasteiger charge is 2.36. The maximum atomic E-state index is 14.5. The van der Waals surface area contributed by atoms with E-state index in [2.05, 4.69) is 43.2 Å². The zero-order valence-corrected chi connectivity index (χ0v) is 39.1. The van der Waals surface area contributed by atoms with E-state index in [1.807, 2.05) is 55.4 Å². The summed E-state index contributed by atoms with van der Waals surface area (Å²) >= 11 is 0. The van der Waals surface area contributed by atoms with E-state index in [1.54, 1.807) is 45.2 Å². The molecule has 4 aromatic rings. The average molecular weight is 888 g/mol. The Bertz CT molecular complexity index is 1990. The number of aromatic amines is 1. The van der Waals surface area contributed by atoms with Crippen LogP contribution >= 0.6 is 0 Å². The number of ether oxygens (including phenoxy) is 4. The molecule has 1 aliphatic rings. The van der Waals surface area contributed by atoms with Crippen LogP contribution in [0.25, 0.3) is 22.1 Å². The maximum absolute atomic E-state index is 14.5. The van der Waals surface area contributed by atoms with Gasteiger partial charge in [-0.15, -0.1) is 12.8 Å². The second-order valence-electron chi connectivity index (χ2n) is 15.5. The molecule has 16 heteroatoms. The molecule has 3 aromatic heterocycles. The first-order valence-corrected chi connectivity index (χ1v) is 21.1. The van der Waals surface area contributed by atoms with E-state index in [-0.39, 0.29) is 41.6 Å². The molecule has 1 unspecified atom stereocenters. The van der Waals surface area contributed by atoms with Crippen LogP contribution < -0.4 is 16.2 Å². The number of halogens is 2. The molecule has 0 aliphatic carbocycles. The number of para-hydroxylation sites is 1. The number of benzene rings is 1. The van der Waals surface area contributed by atoms with Gasteiger partial charge in [0, 0.05) is 43.5 Å². The predicted molar refractivity (Wildman–Crippen MR) is 245 cm³/mol. The first kappa shape index (κ1) is 57.8. The third-order valence-electron chi connectivity index (χ3n) is 8.40. The molecule has 14 nitrogen and oxygen atoms in total. The first-order chi connectivity index (χ1) is 29.8. The van der Waals surface area contributed by atoms with Crippen molar-refractivity contribution in [1.82, 2.24) is 25.6 Å². The van der Waals surface area contributed by atoms with E-state index in [9.17, 15) is 28.3 Å². The van der Waals surface area contributed by atoms with Gasteiger partial charge in [0.25, 0.3) is 5.56 Å². The molecule has 1 aliphatic heterocycles. The molecule has 0 radical (unpaired) electrons. The number of nitrogens with zero attached hydrogens (tertiary/aromatic N) is 2. The quantitative estimate of drug-likeness (QED) is 0.0294. The number of H-pyrrole nitrogens is 1. The van der Waals surface area contributed by atoms with E-state index < -0.39 is 24.3 Å². The number of hydrogen-bond acceptors (Lipinski definition) is 12. The molecule has 1 fully saturated rings. The van der Waals surface area contributed by atoms with Gasteiger partial charge in [0.2, 0.25) is 12.2 Å². The Balaban J connectivity index is 0.000000938. The van der Waals surface area contributed by atoms with Crippen molar-refractivity contribution in [1.29, 1.82) is 0 Å². The normalized spacial score (nSPS) is 12.7. The number of nitrogens with one attached hydrogen (secondary N) is 3. The second kappa shape index (κ2) is 30.8. The Morgan fingerprint density at radius 2 is 1.68 bits per heavy atom. The van der Waals surface area contributed by atoms with Crippen LogP contribution in [0.2, 0.25) is 0 Å². The highest BCUT2D eigenvalue weighted by Crippen LogP contribution is 2.32. The molecule has 352 valence electrons. The van der Waals surface area contributed by atoms with Gasteiger partial charge in [-0.2, -0.15) is 8.78 Å². The lowest BCUT2D eigenvalue weighted by Gasteiger charge is -2.22. The zero-order chi connectivity index (χ0) is 48.1. The number of terminal acetylenes is 1. The van der Waals surface area contributed by atoms with Crippen LogP contribution in [0, 0.1) is 19.8 Å². The van der Waals surface area contributed by atoms with Gasteiger partial charge in [-0.1, -0.05) is 32.1 Å². The summed E-state index contributed by atoms with van der Waals surface area (Å²) in [6.45, 7) is 21.9. The molecule has 0 spiro atoms. The molecule has 1 aromatic carbocycles. The highest BCUT2D eigenvalue weighted by atomic mass is 19.3. The number of fused-ring (bicyclic) bond motifs is 3. The van der Waals surface area contributed by atoms with E-state index in [4.69, 9.17) is 18.6 Å². The average Bonchev–Trinajstić information content (AvgIpc) is 3.96. The van der Waals surface area contributed by atoms with E-state index in [0.717, 1.165) is 6.08 Å². The number of amides is 1. The number of hydrogen-bond donors (Lipinski definition) is 4. The summed E-state index contributed by atoms with van der Waals surface area (Å²) in [6.07, 6.45) is 16.4. The summed E-state index contributed by atoms with van der Waals surface area (Å²) in [5.41, 5.74) is 1.71. The van der Waals surface area contributed by atoms with Crippen LogP contribution in [0.15, 0.2) is 57.9 Å².